The molecule has 0 atom stereocenters. The summed E-state index contributed by atoms with van der Waals surface area (Å²) in [6.45, 7) is 4.47. The summed E-state index contributed by atoms with van der Waals surface area (Å²) in [5.74, 6) is 0.210. The van der Waals surface area contributed by atoms with Gasteiger partial charge in [-0.2, -0.15) is 0 Å². The van der Waals surface area contributed by atoms with Gasteiger partial charge in [0.2, 0.25) is 0 Å². The van der Waals surface area contributed by atoms with E-state index in [2.05, 4.69) is 11.4 Å². The van der Waals surface area contributed by atoms with E-state index in [1.54, 1.807) is 0 Å². The first-order chi connectivity index (χ1) is 14.4. The maximum atomic E-state index is 12.8. The Balaban J connectivity index is 1.45. The number of carbonyl (C=O) groups is 2. The predicted octanol–water partition coefficient (Wildman–Crippen LogP) is 5.53. The van der Waals surface area contributed by atoms with E-state index in [1.807, 2.05) is 37.4 Å². The quantitative estimate of drug-likeness (QED) is 0.511. The minimum atomic E-state index is -0.390. The first kappa shape index (κ1) is 20.6. The smallest absolute Gasteiger partial charge is 0.341 e. The molecule has 4 rings (SSSR count). The van der Waals surface area contributed by atoms with Crippen LogP contribution in [0.3, 0.4) is 0 Å². The topological polar surface area (TPSA) is 64.6 Å². The molecule has 1 amide bonds. The number of carbonyl (C=O) groups excluding carboxylic acids is 2. The minimum Gasteiger partial charge on any atom is -0.489 e. The lowest BCUT2D eigenvalue weighted by molar-refractivity contribution is 0.0601. The van der Waals surface area contributed by atoms with Gasteiger partial charge in [0.15, 0.2) is 0 Å². The SMILES string of the molecule is COC(=O)c1c(NC(=O)c2cc(COc3cc(C)cc(C)c3)cs2)sc2c1CCC2. The van der Waals surface area contributed by atoms with Crippen LogP contribution in [-0.2, 0) is 24.2 Å². The fourth-order valence-corrected chi connectivity index (χ4v) is 5.79. The van der Waals surface area contributed by atoms with E-state index in [0.717, 1.165) is 47.3 Å². The van der Waals surface area contributed by atoms with E-state index in [-0.39, 0.29) is 5.91 Å². The van der Waals surface area contributed by atoms with Crippen molar-refractivity contribution < 1.29 is 19.1 Å². The molecular weight excluding hydrogens is 418 g/mol. The number of benzene rings is 1. The molecule has 0 radical (unpaired) electrons. The predicted molar refractivity (Wildman–Crippen MR) is 120 cm³/mol. The van der Waals surface area contributed by atoms with Gasteiger partial charge in [-0.3, -0.25) is 4.79 Å². The molecule has 0 unspecified atom stereocenters. The van der Waals surface area contributed by atoms with Crippen LogP contribution >= 0.6 is 22.7 Å². The molecule has 1 aliphatic carbocycles. The number of fused-ring (bicyclic) bond motifs is 1. The molecule has 156 valence electrons. The average molecular weight is 442 g/mol. The summed E-state index contributed by atoms with van der Waals surface area (Å²) in [7, 11) is 1.37. The van der Waals surface area contributed by atoms with Crippen LogP contribution in [0.5, 0.6) is 5.75 Å². The summed E-state index contributed by atoms with van der Waals surface area (Å²) in [6, 6.07) is 7.93. The highest BCUT2D eigenvalue weighted by molar-refractivity contribution is 7.17. The monoisotopic (exact) mass is 441 g/mol. The van der Waals surface area contributed by atoms with Gasteiger partial charge in [-0.05, 0) is 73.4 Å². The number of hydrogen-bond acceptors (Lipinski definition) is 6. The molecule has 30 heavy (non-hydrogen) atoms. The number of methoxy groups -OCH3 is 1. The molecular formula is C23H23NO4S2. The van der Waals surface area contributed by atoms with Crippen LogP contribution in [-0.4, -0.2) is 19.0 Å². The molecule has 1 aromatic carbocycles. The van der Waals surface area contributed by atoms with Crippen molar-refractivity contribution in [3.05, 3.63) is 67.2 Å². The Hall–Kier alpha value is -2.64. The van der Waals surface area contributed by atoms with Crippen molar-refractivity contribution in [2.45, 2.75) is 39.7 Å². The highest BCUT2D eigenvalue weighted by Gasteiger charge is 2.28. The molecule has 5 nitrogen and oxygen atoms in total. The average Bonchev–Trinajstić information content (AvgIpc) is 3.41. The molecule has 1 aliphatic rings. The van der Waals surface area contributed by atoms with Crippen LogP contribution in [0, 0.1) is 13.8 Å². The molecule has 0 saturated heterocycles. The number of thiophene rings is 2. The summed E-state index contributed by atoms with van der Waals surface area (Å²) in [4.78, 5) is 26.8. The third kappa shape index (κ3) is 4.27. The van der Waals surface area contributed by atoms with Crippen molar-refractivity contribution >= 4 is 39.6 Å². The van der Waals surface area contributed by atoms with Crippen LogP contribution < -0.4 is 10.1 Å². The number of esters is 1. The molecule has 1 N–H and O–H groups in total. The summed E-state index contributed by atoms with van der Waals surface area (Å²) < 4.78 is 10.8. The summed E-state index contributed by atoms with van der Waals surface area (Å²) in [5.41, 5.74) is 4.78. The Morgan fingerprint density at radius 3 is 2.60 bits per heavy atom. The normalized spacial score (nSPS) is 12.5. The van der Waals surface area contributed by atoms with Crippen LogP contribution in [0.1, 0.15) is 53.6 Å². The number of rotatable bonds is 6. The number of hydrogen-bond donors (Lipinski definition) is 1. The van der Waals surface area contributed by atoms with Gasteiger partial charge in [0.1, 0.15) is 17.4 Å². The summed E-state index contributed by atoms with van der Waals surface area (Å²) >= 11 is 2.84. The van der Waals surface area contributed by atoms with Gasteiger partial charge in [0.05, 0.1) is 17.6 Å². The van der Waals surface area contributed by atoms with E-state index >= 15 is 0 Å². The third-order valence-corrected chi connectivity index (χ3v) is 7.20. The van der Waals surface area contributed by atoms with Crippen molar-refractivity contribution in [2.75, 3.05) is 12.4 Å². The van der Waals surface area contributed by atoms with Gasteiger partial charge < -0.3 is 14.8 Å². The van der Waals surface area contributed by atoms with E-state index in [4.69, 9.17) is 9.47 Å². The molecule has 3 aromatic rings. The molecule has 7 heteroatoms. The highest BCUT2D eigenvalue weighted by Crippen LogP contribution is 2.39. The van der Waals surface area contributed by atoms with Crippen molar-refractivity contribution in [3.63, 3.8) is 0 Å². The fraction of sp³-hybridized carbons (Fsp3) is 0.304. The molecule has 0 spiro atoms. The van der Waals surface area contributed by atoms with E-state index in [0.29, 0.717) is 22.0 Å². The standard InChI is InChI=1S/C23H23NO4S2/c1-13-7-14(2)9-16(8-13)28-11-15-10-19(29-12-15)21(25)24-22-20(23(26)27-3)17-5-4-6-18(17)30-22/h7-10,12H,4-6,11H2,1-3H3,(H,24,25). The highest BCUT2D eigenvalue weighted by atomic mass is 32.1. The molecule has 0 aliphatic heterocycles. The molecule has 0 bridgehead atoms. The number of amides is 1. The zero-order valence-electron chi connectivity index (χ0n) is 17.2. The van der Waals surface area contributed by atoms with Crippen molar-refractivity contribution in [2.24, 2.45) is 0 Å². The van der Waals surface area contributed by atoms with Crippen molar-refractivity contribution in [1.82, 2.24) is 0 Å². The fourth-order valence-electron chi connectivity index (χ4n) is 3.73. The molecule has 2 heterocycles. The largest absolute Gasteiger partial charge is 0.489 e. The van der Waals surface area contributed by atoms with Crippen molar-refractivity contribution in [1.29, 1.82) is 0 Å². The van der Waals surface area contributed by atoms with Crippen LogP contribution in [0.4, 0.5) is 5.00 Å². The summed E-state index contributed by atoms with van der Waals surface area (Å²) in [6.07, 6.45) is 2.83. The van der Waals surface area contributed by atoms with E-state index in [1.165, 1.54) is 34.7 Å². The lowest BCUT2D eigenvalue weighted by atomic mass is 10.1. The van der Waals surface area contributed by atoms with E-state index < -0.39 is 5.97 Å². The zero-order valence-corrected chi connectivity index (χ0v) is 18.8. The minimum absolute atomic E-state index is 0.220. The number of nitrogens with one attached hydrogen (secondary N) is 1. The van der Waals surface area contributed by atoms with Gasteiger partial charge in [0.25, 0.3) is 5.91 Å². The second-order valence-electron chi connectivity index (χ2n) is 7.44. The van der Waals surface area contributed by atoms with Gasteiger partial charge in [-0.15, -0.1) is 22.7 Å². The van der Waals surface area contributed by atoms with E-state index in [9.17, 15) is 9.59 Å². The first-order valence-electron chi connectivity index (χ1n) is 9.77. The van der Waals surface area contributed by atoms with Gasteiger partial charge in [-0.25, -0.2) is 4.79 Å². The first-order valence-corrected chi connectivity index (χ1v) is 11.5. The number of aryl methyl sites for hydroxylation is 3. The van der Waals surface area contributed by atoms with Gasteiger partial charge in [0, 0.05) is 10.4 Å². The van der Waals surface area contributed by atoms with Crippen LogP contribution in [0.15, 0.2) is 29.6 Å². The zero-order chi connectivity index (χ0) is 21.3. The lowest BCUT2D eigenvalue weighted by Crippen LogP contribution is -2.13. The van der Waals surface area contributed by atoms with Crippen LogP contribution in [0.25, 0.3) is 0 Å². The number of anilines is 1. The Labute approximate surface area is 183 Å². The lowest BCUT2D eigenvalue weighted by Gasteiger charge is -2.07. The Morgan fingerprint density at radius 2 is 1.87 bits per heavy atom. The summed E-state index contributed by atoms with van der Waals surface area (Å²) in [5, 5.41) is 5.43. The second-order valence-corrected chi connectivity index (χ2v) is 9.45. The Bertz CT molecular complexity index is 1090. The molecule has 2 aromatic heterocycles. The van der Waals surface area contributed by atoms with Crippen LogP contribution in [0.2, 0.25) is 0 Å². The third-order valence-electron chi connectivity index (χ3n) is 5.02. The molecule has 0 fully saturated rings. The molecule has 0 saturated carbocycles. The Morgan fingerprint density at radius 1 is 1.10 bits per heavy atom. The second kappa shape index (κ2) is 8.62. The maximum absolute atomic E-state index is 12.8. The van der Waals surface area contributed by atoms with Crippen molar-refractivity contribution in [3.8, 4) is 5.75 Å². The van der Waals surface area contributed by atoms with Gasteiger partial charge in [-0.1, -0.05) is 6.07 Å². The maximum Gasteiger partial charge on any atom is 0.341 e. The Kier molecular flexibility index (Phi) is 5.92. The number of ether oxygens (including phenoxy) is 2. The van der Waals surface area contributed by atoms with Gasteiger partial charge >= 0.3 is 5.97 Å².